The molecule has 2 N–H and O–H groups in total. The van der Waals surface area contributed by atoms with E-state index in [1.54, 1.807) is 7.11 Å². The number of hydrogen-bond acceptors (Lipinski definition) is 3. The first-order chi connectivity index (χ1) is 9.83. The summed E-state index contributed by atoms with van der Waals surface area (Å²) >= 11 is 0. The second-order valence-corrected chi connectivity index (χ2v) is 4.12. The second kappa shape index (κ2) is 7.22. The van der Waals surface area contributed by atoms with Crippen LogP contribution in [-0.4, -0.2) is 20.3 Å². The third kappa shape index (κ3) is 3.78. The number of ether oxygens (including phenoxy) is 2. The molecule has 0 aliphatic rings. The highest BCUT2D eigenvalue weighted by atomic mass is 16.5. The molecule has 3 nitrogen and oxygen atoms in total. The van der Waals surface area contributed by atoms with Crippen molar-refractivity contribution >= 4 is 0 Å². The van der Waals surface area contributed by atoms with Gasteiger partial charge in [0.15, 0.2) is 0 Å². The van der Waals surface area contributed by atoms with Crippen LogP contribution in [0.25, 0.3) is 0 Å². The van der Waals surface area contributed by atoms with Crippen LogP contribution in [0.3, 0.4) is 0 Å². The molecule has 2 rings (SSSR count). The second-order valence-electron chi connectivity index (χ2n) is 4.12. The number of para-hydroxylation sites is 1. The SMILES string of the molecule is COc1ccccc1C#Cc1cccc(OCCN)c1. The van der Waals surface area contributed by atoms with E-state index in [-0.39, 0.29) is 0 Å². The van der Waals surface area contributed by atoms with Crippen LogP contribution >= 0.6 is 0 Å². The van der Waals surface area contributed by atoms with Gasteiger partial charge in [-0.25, -0.2) is 0 Å². The van der Waals surface area contributed by atoms with Crippen LogP contribution in [0.2, 0.25) is 0 Å². The van der Waals surface area contributed by atoms with Crippen molar-refractivity contribution in [2.24, 2.45) is 5.73 Å². The molecule has 0 saturated heterocycles. The van der Waals surface area contributed by atoms with E-state index >= 15 is 0 Å². The standard InChI is InChI=1S/C17H17NO2/c1-19-17-8-3-2-6-15(17)10-9-14-5-4-7-16(13-14)20-12-11-18/h2-8,13H,11-12,18H2,1H3. The first-order valence-electron chi connectivity index (χ1n) is 6.41. The molecule has 102 valence electrons. The summed E-state index contributed by atoms with van der Waals surface area (Å²) in [6, 6.07) is 15.3. The molecule has 0 radical (unpaired) electrons. The summed E-state index contributed by atoms with van der Waals surface area (Å²) in [7, 11) is 1.64. The van der Waals surface area contributed by atoms with Crippen molar-refractivity contribution in [2.45, 2.75) is 0 Å². The summed E-state index contributed by atoms with van der Waals surface area (Å²) < 4.78 is 10.7. The van der Waals surface area contributed by atoms with Crippen molar-refractivity contribution in [1.29, 1.82) is 0 Å². The Morgan fingerprint density at radius 2 is 1.90 bits per heavy atom. The fourth-order valence-corrected chi connectivity index (χ4v) is 1.73. The van der Waals surface area contributed by atoms with Gasteiger partial charge in [-0.2, -0.15) is 0 Å². The first-order valence-corrected chi connectivity index (χ1v) is 6.41. The van der Waals surface area contributed by atoms with Gasteiger partial charge in [0.25, 0.3) is 0 Å². The normalized spacial score (nSPS) is 9.50. The van der Waals surface area contributed by atoms with Gasteiger partial charge in [-0.15, -0.1) is 0 Å². The first kappa shape index (κ1) is 14.0. The number of methoxy groups -OCH3 is 1. The Kier molecular flexibility index (Phi) is 5.05. The van der Waals surface area contributed by atoms with Gasteiger partial charge < -0.3 is 15.2 Å². The maximum absolute atomic E-state index is 5.48. The predicted molar refractivity (Wildman–Crippen MR) is 80.0 cm³/mol. The van der Waals surface area contributed by atoms with Crippen molar-refractivity contribution in [3.8, 4) is 23.3 Å². The minimum Gasteiger partial charge on any atom is -0.495 e. The number of nitrogens with two attached hydrogens (primary N) is 1. The fourth-order valence-electron chi connectivity index (χ4n) is 1.73. The van der Waals surface area contributed by atoms with Crippen LogP contribution in [0.1, 0.15) is 11.1 Å². The van der Waals surface area contributed by atoms with Crippen LogP contribution in [0.5, 0.6) is 11.5 Å². The highest BCUT2D eigenvalue weighted by Crippen LogP contribution is 2.16. The van der Waals surface area contributed by atoms with Crippen LogP contribution < -0.4 is 15.2 Å². The average molecular weight is 267 g/mol. The Balaban J connectivity index is 2.20. The van der Waals surface area contributed by atoms with E-state index in [0.717, 1.165) is 22.6 Å². The number of benzene rings is 2. The molecule has 2 aromatic carbocycles. The van der Waals surface area contributed by atoms with Crippen LogP contribution in [0.4, 0.5) is 0 Å². The average Bonchev–Trinajstić information content (AvgIpc) is 2.51. The topological polar surface area (TPSA) is 44.5 Å². The summed E-state index contributed by atoms with van der Waals surface area (Å²) in [5.74, 6) is 7.77. The minimum absolute atomic E-state index is 0.497. The van der Waals surface area contributed by atoms with Crippen molar-refractivity contribution < 1.29 is 9.47 Å². The molecule has 0 saturated carbocycles. The van der Waals surface area contributed by atoms with Crippen molar-refractivity contribution in [1.82, 2.24) is 0 Å². The zero-order chi connectivity index (χ0) is 14.2. The predicted octanol–water partition coefficient (Wildman–Crippen LogP) is 2.43. The Morgan fingerprint density at radius 3 is 2.70 bits per heavy atom. The molecule has 2 aromatic rings. The molecule has 0 amide bonds. The largest absolute Gasteiger partial charge is 0.495 e. The maximum Gasteiger partial charge on any atom is 0.134 e. The molecule has 0 heterocycles. The Hall–Kier alpha value is -2.44. The minimum atomic E-state index is 0.497. The van der Waals surface area contributed by atoms with Gasteiger partial charge >= 0.3 is 0 Å². The van der Waals surface area contributed by atoms with Crippen LogP contribution in [-0.2, 0) is 0 Å². The molecule has 0 fully saturated rings. The molecule has 0 bridgehead atoms. The highest BCUT2D eigenvalue weighted by Gasteiger charge is 1.97. The Bertz CT molecular complexity index is 626. The molecule has 0 aromatic heterocycles. The molecule has 3 heteroatoms. The van der Waals surface area contributed by atoms with Gasteiger partial charge in [0, 0.05) is 12.1 Å². The van der Waals surface area contributed by atoms with Gasteiger partial charge in [-0.05, 0) is 30.3 Å². The molecule has 0 aliphatic carbocycles. The quantitative estimate of drug-likeness (QED) is 0.865. The maximum atomic E-state index is 5.48. The summed E-state index contributed by atoms with van der Waals surface area (Å²) in [4.78, 5) is 0. The summed E-state index contributed by atoms with van der Waals surface area (Å²) in [5, 5.41) is 0. The van der Waals surface area contributed by atoms with Crippen LogP contribution in [0, 0.1) is 11.8 Å². The van der Waals surface area contributed by atoms with Gasteiger partial charge in [-0.1, -0.05) is 30.0 Å². The Labute approximate surface area is 119 Å². The summed E-state index contributed by atoms with van der Waals surface area (Å²) in [5.41, 5.74) is 7.17. The van der Waals surface area contributed by atoms with E-state index in [4.69, 9.17) is 15.2 Å². The van der Waals surface area contributed by atoms with Crippen molar-refractivity contribution in [3.05, 3.63) is 59.7 Å². The molecule has 0 spiro atoms. The summed E-state index contributed by atoms with van der Waals surface area (Å²) in [6.45, 7) is 1.00. The van der Waals surface area contributed by atoms with Gasteiger partial charge in [0.1, 0.15) is 18.1 Å². The van der Waals surface area contributed by atoms with E-state index in [1.165, 1.54) is 0 Å². The third-order valence-corrected chi connectivity index (χ3v) is 2.67. The lowest BCUT2D eigenvalue weighted by Crippen LogP contribution is -2.10. The van der Waals surface area contributed by atoms with E-state index in [2.05, 4.69) is 11.8 Å². The lowest BCUT2D eigenvalue weighted by Gasteiger charge is -2.04. The lowest BCUT2D eigenvalue weighted by atomic mass is 10.1. The van der Waals surface area contributed by atoms with E-state index in [1.807, 2.05) is 48.5 Å². The highest BCUT2D eigenvalue weighted by molar-refractivity contribution is 5.50. The summed E-state index contributed by atoms with van der Waals surface area (Å²) in [6.07, 6.45) is 0. The van der Waals surface area contributed by atoms with Crippen molar-refractivity contribution in [3.63, 3.8) is 0 Å². The molecular formula is C17H17NO2. The molecule has 0 aliphatic heterocycles. The van der Waals surface area contributed by atoms with Gasteiger partial charge in [0.2, 0.25) is 0 Å². The van der Waals surface area contributed by atoms with E-state index in [9.17, 15) is 0 Å². The lowest BCUT2D eigenvalue weighted by molar-refractivity contribution is 0.328. The van der Waals surface area contributed by atoms with E-state index < -0.39 is 0 Å². The van der Waals surface area contributed by atoms with Gasteiger partial charge in [0.05, 0.1) is 12.7 Å². The fraction of sp³-hybridized carbons (Fsp3) is 0.176. The van der Waals surface area contributed by atoms with Crippen molar-refractivity contribution in [2.75, 3.05) is 20.3 Å². The van der Waals surface area contributed by atoms with Crippen LogP contribution in [0.15, 0.2) is 48.5 Å². The molecule has 0 atom stereocenters. The number of hydrogen-bond donors (Lipinski definition) is 1. The monoisotopic (exact) mass is 267 g/mol. The smallest absolute Gasteiger partial charge is 0.134 e. The zero-order valence-electron chi connectivity index (χ0n) is 11.4. The zero-order valence-corrected chi connectivity index (χ0v) is 11.4. The molecule has 20 heavy (non-hydrogen) atoms. The third-order valence-electron chi connectivity index (χ3n) is 2.67. The molecular weight excluding hydrogens is 250 g/mol. The molecule has 0 unspecified atom stereocenters. The van der Waals surface area contributed by atoms with Gasteiger partial charge in [-0.3, -0.25) is 0 Å². The number of rotatable bonds is 4. The Morgan fingerprint density at radius 1 is 1.05 bits per heavy atom. The van der Waals surface area contributed by atoms with E-state index in [0.29, 0.717) is 13.2 Å².